The third-order valence-corrected chi connectivity index (χ3v) is 2.16. The van der Waals surface area contributed by atoms with Crippen LogP contribution >= 0.6 is 12.4 Å². The molecule has 0 spiro atoms. The monoisotopic (exact) mass is 184 g/mol. The van der Waals surface area contributed by atoms with Gasteiger partial charge in [-0.1, -0.05) is 6.07 Å². The quantitative estimate of drug-likeness (QED) is 0.763. The van der Waals surface area contributed by atoms with Gasteiger partial charge in [0, 0.05) is 12.2 Å². The lowest BCUT2D eigenvalue weighted by Gasteiger charge is -2.07. The molecule has 1 saturated carbocycles. The summed E-state index contributed by atoms with van der Waals surface area (Å²) in [5.74, 6) is 0.699. The zero-order chi connectivity index (χ0) is 7.68. The molecule has 0 aromatic carbocycles. The molecule has 1 atom stereocenters. The zero-order valence-electron chi connectivity index (χ0n) is 6.81. The van der Waals surface area contributed by atoms with E-state index in [4.69, 9.17) is 5.73 Å². The number of halogens is 1. The van der Waals surface area contributed by atoms with Gasteiger partial charge in [-0.3, -0.25) is 4.98 Å². The normalized spacial score (nSPS) is 18.1. The second-order valence-electron chi connectivity index (χ2n) is 3.12. The van der Waals surface area contributed by atoms with Crippen molar-refractivity contribution in [1.82, 2.24) is 4.98 Å². The minimum Gasteiger partial charge on any atom is -0.322 e. The first-order chi connectivity index (χ1) is 5.38. The van der Waals surface area contributed by atoms with E-state index in [9.17, 15) is 0 Å². The van der Waals surface area contributed by atoms with Crippen LogP contribution < -0.4 is 5.73 Å². The topological polar surface area (TPSA) is 38.9 Å². The van der Waals surface area contributed by atoms with E-state index in [1.54, 1.807) is 6.20 Å². The molecule has 2 rings (SSSR count). The van der Waals surface area contributed by atoms with Crippen LogP contribution in [0.3, 0.4) is 0 Å². The molecule has 0 saturated heterocycles. The largest absolute Gasteiger partial charge is 0.322 e. The van der Waals surface area contributed by atoms with E-state index in [1.165, 1.54) is 12.8 Å². The van der Waals surface area contributed by atoms with Crippen molar-refractivity contribution in [3.05, 3.63) is 30.1 Å². The molecule has 0 bridgehead atoms. The number of rotatable bonds is 2. The van der Waals surface area contributed by atoms with Gasteiger partial charge < -0.3 is 5.73 Å². The van der Waals surface area contributed by atoms with Crippen LogP contribution in [0.25, 0.3) is 0 Å². The Morgan fingerprint density at radius 3 is 2.67 bits per heavy atom. The highest BCUT2D eigenvalue weighted by molar-refractivity contribution is 5.85. The van der Waals surface area contributed by atoms with Crippen molar-refractivity contribution in [2.24, 2.45) is 11.7 Å². The molecule has 1 aliphatic carbocycles. The lowest BCUT2D eigenvalue weighted by molar-refractivity contribution is 0.615. The second kappa shape index (κ2) is 3.87. The van der Waals surface area contributed by atoms with Gasteiger partial charge in [-0.05, 0) is 30.9 Å². The molecule has 0 aliphatic heterocycles. The number of aromatic nitrogens is 1. The summed E-state index contributed by atoms with van der Waals surface area (Å²) in [5.41, 5.74) is 6.97. The first-order valence-electron chi connectivity index (χ1n) is 4.04. The molecule has 3 heteroatoms. The molecule has 2 N–H and O–H groups in total. The summed E-state index contributed by atoms with van der Waals surface area (Å²) in [6, 6.07) is 6.09. The van der Waals surface area contributed by atoms with Crippen LogP contribution in [0.5, 0.6) is 0 Å². The molecule has 1 heterocycles. The van der Waals surface area contributed by atoms with E-state index < -0.39 is 0 Å². The van der Waals surface area contributed by atoms with E-state index in [2.05, 4.69) is 4.98 Å². The van der Waals surface area contributed by atoms with E-state index in [0.717, 1.165) is 5.69 Å². The van der Waals surface area contributed by atoms with Gasteiger partial charge in [0.1, 0.15) is 0 Å². The molecule has 2 nitrogen and oxygen atoms in total. The number of nitrogens with two attached hydrogens (primary N) is 1. The molecule has 1 aromatic rings. The number of pyridine rings is 1. The van der Waals surface area contributed by atoms with Gasteiger partial charge in [-0.15, -0.1) is 12.4 Å². The summed E-state index contributed by atoms with van der Waals surface area (Å²) < 4.78 is 0. The molecule has 1 aromatic heterocycles. The maximum Gasteiger partial charge on any atom is 0.0573 e. The van der Waals surface area contributed by atoms with Crippen molar-refractivity contribution in [1.29, 1.82) is 0 Å². The Morgan fingerprint density at radius 2 is 2.17 bits per heavy atom. The van der Waals surface area contributed by atoms with Crippen LogP contribution in [-0.4, -0.2) is 4.98 Å². The summed E-state index contributed by atoms with van der Waals surface area (Å²) in [5, 5.41) is 0. The first-order valence-corrected chi connectivity index (χ1v) is 4.04. The summed E-state index contributed by atoms with van der Waals surface area (Å²) in [6.07, 6.45) is 4.35. The van der Waals surface area contributed by atoms with E-state index >= 15 is 0 Å². The van der Waals surface area contributed by atoms with Crippen molar-refractivity contribution in [3.63, 3.8) is 0 Å². The molecular formula is C9H13ClN2. The smallest absolute Gasteiger partial charge is 0.0573 e. The van der Waals surface area contributed by atoms with Crippen LogP contribution in [0, 0.1) is 5.92 Å². The molecule has 66 valence electrons. The first kappa shape index (κ1) is 9.49. The highest BCUT2D eigenvalue weighted by Gasteiger charge is 2.29. The molecular weight excluding hydrogens is 172 g/mol. The number of hydrogen-bond donors (Lipinski definition) is 1. The summed E-state index contributed by atoms with van der Waals surface area (Å²) in [7, 11) is 0. The van der Waals surface area contributed by atoms with Crippen LogP contribution in [0.2, 0.25) is 0 Å². The molecule has 1 unspecified atom stereocenters. The Bertz CT molecular complexity index is 234. The predicted molar refractivity (Wildman–Crippen MR) is 51.1 cm³/mol. The fourth-order valence-electron chi connectivity index (χ4n) is 1.27. The standard InChI is InChI=1S/C9H12N2.ClH/c10-9(7-4-5-7)8-3-1-2-6-11-8;/h1-3,6-7,9H,4-5,10H2;1H. The van der Waals surface area contributed by atoms with Gasteiger partial charge in [0.05, 0.1) is 5.69 Å². The molecule has 0 amide bonds. The van der Waals surface area contributed by atoms with E-state index in [1.807, 2.05) is 18.2 Å². The van der Waals surface area contributed by atoms with Gasteiger partial charge in [-0.2, -0.15) is 0 Å². The summed E-state index contributed by atoms with van der Waals surface area (Å²) >= 11 is 0. The average molecular weight is 185 g/mol. The Balaban J connectivity index is 0.000000720. The molecule has 1 aliphatic rings. The lowest BCUT2D eigenvalue weighted by atomic mass is 10.1. The van der Waals surface area contributed by atoms with Crippen molar-refractivity contribution < 1.29 is 0 Å². The van der Waals surface area contributed by atoms with E-state index in [0.29, 0.717) is 5.92 Å². The number of nitrogens with zero attached hydrogens (tertiary/aromatic N) is 1. The highest BCUT2D eigenvalue weighted by Crippen LogP contribution is 2.38. The lowest BCUT2D eigenvalue weighted by Crippen LogP contribution is -2.13. The maximum atomic E-state index is 5.94. The fourth-order valence-corrected chi connectivity index (χ4v) is 1.27. The van der Waals surface area contributed by atoms with Crippen LogP contribution in [0.1, 0.15) is 24.6 Å². The molecule has 12 heavy (non-hydrogen) atoms. The Morgan fingerprint density at radius 1 is 1.42 bits per heavy atom. The Kier molecular flexibility index (Phi) is 3.06. The van der Waals surface area contributed by atoms with Crippen molar-refractivity contribution in [2.45, 2.75) is 18.9 Å². The third kappa shape index (κ3) is 1.96. The van der Waals surface area contributed by atoms with Gasteiger partial charge in [0.25, 0.3) is 0 Å². The second-order valence-corrected chi connectivity index (χ2v) is 3.12. The highest BCUT2D eigenvalue weighted by atomic mass is 35.5. The van der Waals surface area contributed by atoms with Crippen LogP contribution in [0.4, 0.5) is 0 Å². The average Bonchev–Trinajstić information content (AvgIpc) is 2.87. The SMILES string of the molecule is Cl.NC(c1ccccn1)C1CC1. The van der Waals surface area contributed by atoms with Crippen LogP contribution in [0.15, 0.2) is 24.4 Å². The summed E-state index contributed by atoms with van der Waals surface area (Å²) in [6.45, 7) is 0. The predicted octanol–water partition coefficient (Wildman–Crippen LogP) is 1.91. The van der Waals surface area contributed by atoms with Gasteiger partial charge in [0.15, 0.2) is 0 Å². The van der Waals surface area contributed by atoms with Crippen molar-refractivity contribution >= 4 is 12.4 Å². The third-order valence-electron chi connectivity index (χ3n) is 2.16. The van der Waals surface area contributed by atoms with Crippen molar-refractivity contribution in [2.75, 3.05) is 0 Å². The minimum absolute atomic E-state index is 0. The van der Waals surface area contributed by atoms with Crippen LogP contribution in [-0.2, 0) is 0 Å². The fraction of sp³-hybridized carbons (Fsp3) is 0.444. The Hall–Kier alpha value is -0.600. The van der Waals surface area contributed by atoms with Gasteiger partial charge in [-0.25, -0.2) is 0 Å². The number of hydrogen-bond acceptors (Lipinski definition) is 2. The molecule has 1 fully saturated rings. The summed E-state index contributed by atoms with van der Waals surface area (Å²) in [4.78, 5) is 4.21. The Labute approximate surface area is 78.6 Å². The minimum atomic E-state index is 0. The van der Waals surface area contributed by atoms with Crippen molar-refractivity contribution in [3.8, 4) is 0 Å². The maximum absolute atomic E-state index is 5.94. The van der Waals surface area contributed by atoms with E-state index in [-0.39, 0.29) is 18.4 Å². The molecule has 0 radical (unpaired) electrons. The zero-order valence-corrected chi connectivity index (χ0v) is 7.63. The van der Waals surface area contributed by atoms with Gasteiger partial charge in [0.2, 0.25) is 0 Å². The van der Waals surface area contributed by atoms with Gasteiger partial charge >= 0.3 is 0 Å².